The van der Waals surface area contributed by atoms with Crippen LogP contribution in [0.3, 0.4) is 0 Å². The highest BCUT2D eigenvalue weighted by Gasteiger charge is 2.15. The standard InChI is InChI=1S/C9H18O2/c1-5-6-9(2,3)11-8-7-10-4/h5H,1,6-8H2,2-4H3. The zero-order chi connectivity index (χ0) is 8.74. The zero-order valence-electron chi connectivity index (χ0n) is 7.72. The lowest BCUT2D eigenvalue weighted by Gasteiger charge is -2.23. The Labute approximate surface area is 69.2 Å². The van der Waals surface area contributed by atoms with Crippen molar-refractivity contribution in [1.82, 2.24) is 0 Å². The van der Waals surface area contributed by atoms with Gasteiger partial charge in [0.05, 0.1) is 18.8 Å². The molecule has 0 aromatic heterocycles. The van der Waals surface area contributed by atoms with E-state index in [1.807, 2.05) is 19.9 Å². The molecule has 11 heavy (non-hydrogen) atoms. The first-order chi connectivity index (χ1) is 5.12. The highest BCUT2D eigenvalue weighted by atomic mass is 16.5. The molecule has 0 heterocycles. The molecule has 0 atom stereocenters. The van der Waals surface area contributed by atoms with Crippen molar-refractivity contribution in [2.75, 3.05) is 20.3 Å². The molecule has 0 saturated carbocycles. The van der Waals surface area contributed by atoms with E-state index >= 15 is 0 Å². The summed E-state index contributed by atoms with van der Waals surface area (Å²) in [5.74, 6) is 0. The van der Waals surface area contributed by atoms with E-state index in [1.165, 1.54) is 0 Å². The Kier molecular flexibility index (Phi) is 5.16. The second-order valence-corrected chi connectivity index (χ2v) is 3.09. The molecule has 0 rings (SSSR count). The SMILES string of the molecule is C=CCC(C)(C)OCCOC. The van der Waals surface area contributed by atoms with Crippen molar-refractivity contribution in [2.45, 2.75) is 25.9 Å². The topological polar surface area (TPSA) is 18.5 Å². The quantitative estimate of drug-likeness (QED) is 0.435. The molecular weight excluding hydrogens is 140 g/mol. The van der Waals surface area contributed by atoms with Crippen LogP contribution in [0.1, 0.15) is 20.3 Å². The summed E-state index contributed by atoms with van der Waals surface area (Å²) in [5.41, 5.74) is -0.0969. The van der Waals surface area contributed by atoms with Crippen LogP contribution >= 0.6 is 0 Å². The highest BCUT2D eigenvalue weighted by Crippen LogP contribution is 2.13. The first-order valence-electron chi connectivity index (χ1n) is 3.86. The smallest absolute Gasteiger partial charge is 0.0707 e. The third-order valence-electron chi connectivity index (χ3n) is 1.42. The van der Waals surface area contributed by atoms with Gasteiger partial charge in [-0.15, -0.1) is 6.58 Å². The van der Waals surface area contributed by atoms with Crippen molar-refractivity contribution < 1.29 is 9.47 Å². The Bertz CT molecular complexity index is 108. The van der Waals surface area contributed by atoms with E-state index in [0.29, 0.717) is 13.2 Å². The van der Waals surface area contributed by atoms with Gasteiger partial charge in [-0.3, -0.25) is 0 Å². The maximum absolute atomic E-state index is 5.51. The van der Waals surface area contributed by atoms with Crippen molar-refractivity contribution in [3.05, 3.63) is 12.7 Å². The van der Waals surface area contributed by atoms with Crippen LogP contribution in [-0.2, 0) is 9.47 Å². The van der Waals surface area contributed by atoms with Crippen LogP contribution in [-0.4, -0.2) is 25.9 Å². The van der Waals surface area contributed by atoms with Crippen LogP contribution in [0.25, 0.3) is 0 Å². The molecule has 0 unspecified atom stereocenters. The fourth-order valence-corrected chi connectivity index (χ4v) is 0.808. The lowest BCUT2D eigenvalue weighted by Crippen LogP contribution is -2.25. The lowest BCUT2D eigenvalue weighted by atomic mass is 10.1. The highest BCUT2D eigenvalue weighted by molar-refractivity contribution is 4.80. The molecule has 0 aromatic rings. The van der Waals surface area contributed by atoms with E-state index in [4.69, 9.17) is 9.47 Å². The predicted molar refractivity (Wildman–Crippen MR) is 46.7 cm³/mol. The van der Waals surface area contributed by atoms with Gasteiger partial charge in [0.15, 0.2) is 0 Å². The zero-order valence-corrected chi connectivity index (χ0v) is 7.72. The molecular formula is C9H18O2. The van der Waals surface area contributed by atoms with Gasteiger partial charge in [0.25, 0.3) is 0 Å². The third kappa shape index (κ3) is 6.07. The predicted octanol–water partition coefficient (Wildman–Crippen LogP) is 2.00. The summed E-state index contributed by atoms with van der Waals surface area (Å²) in [6, 6.07) is 0. The van der Waals surface area contributed by atoms with E-state index in [2.05, 4.69) is 6.58 Å². The van der Waals surface area contributed by atoms with Crippen LogP contribution in [0.2, 0.25) is 0 Å². The molecule has 66 valence electrons. The van der Waals surface area contributed by atoms with Gasteiger partial charge in [0.1, 0.15) is 0 Å². The van der Waals surface area contributed by atoms with Crippen LogP contribution in [0.4, 0.5) is 0 Å². The van der Waals surface area contributed by atoms with Gasteiger partial charge in [-0.1, -0.05) is 6.08 Å². The molecule has 0 N–H and O–H groups in total. The maximum atomic E-state index is 5.51. The van der Waals surface area contributed by atoms with E-state index in [1.54, 1.807) is 7.11 Å². The van der Waals surface area contributed by atoms with E-state index in [9.17, 15) is 0 Å². The summed E-state index contributed by atoms with van der Waals surface area (Å²) >= 11 is 0. The van der Waals surface area contributed by atoms with Crippen molar-refractivity contribution in [3.8, 4) is 0 Å². The van der Waals surface area contributed by atoms with Crippen LogP contribution < -0.4 is 0 Å². The minimum atomic E-state index is -0.0969. The molecule has 0 aliphatic rings. The van der Waals surface area contributed by atoms with Crippen LogP contribution in [0.5, 0.6) is 0 Å². The average molecular weight is 158 g/mol. The summed E-state index contributed by atoms with van der Waals surface area (Å²) in [7, 11) is 1.67. The Balaban J connectivity index is 3.45. The molecule has 0 spiro atoms. The Morgan fingerprint density at radius 1 is 1.36 bits per heavy atom. The summed E-state index contributed by atoms with van der Waals surface area (Å²) in [4.78, 5) is 0. The van der Waals surface area contributed by atoms with Gasteiger partial charge in [0, 0.05) is 7.11 Å². The molecule has 0 radical (unpaired) electrons. The second kappa shape index (κ2) is 5.33. The van der Waals surface area contributed by atoms with Crippen LogP contribution in [0, 0.1) is 0 Å². The number of rotatable bonds is 6. The normalized spacial score (nSPS) is 11.5. The maximum Gasteiger partial charge on any atom is 0.0707 e. The first-order valence-corrected chi connectivity index (χ1v) is 3.86. The fourth-order valence-electron chi connectivity index (χ4n) is 0.808. The molecule has 0 bridgehead atoms. The Hall–Kier alpha value is -0.340. The van der Waals surface area contributed by atoms with Gasteiger partial charge < -0.3 is 9.47 Å². The Morgan fingerprint density at radius 2 is 2.00 bits per heavy atom. The molecule has 0 aliphatic carbocycles. The molecule has 0 fully saturated rings. The fraction of sp³-hybridized carbons (Fsp3) is 0.778. The minimum Gasteiger partial charge on any atom is -0.382 e. The van der Waals surface area contributed by atoms with Crippen molar-refractivity contribution in [3.63, 3.8) is 0 Å². The molecule has 0 aromatic carbocycles. The molecule has 2 heteroatoms. The second-order valence-electron chi connectivity index (χ2n) is 3.09. The van der Waals surface area contributed by atoms with Crippen molar-refractivity contribution >= 4 is 0 Å². The van der Waals surface area contributed by atoms with Gasteiger partial charge in [0.2, 0.25) is 0 Å². The van der Waals surface area contributed by atoms with E-state index in [0.717, 1.165) is 6.42 Å². The Morgan fingerprint density at radius 3 is 2.45 bits per heavy atom. The van der Waals surface area contributed by atoms with Gasteiger partial charge >= 0.3 is 0 Å². The van der Waals surface area contributed by atoms with Crippen molar-refractivity contribution in [1.29, 1.82) is 0 Å². The number of ether oxygens (including phenoxy) is 2. The molecule has 0 amide bonds. The van der Waals surface area contributed by atoms with Gasteiger partial charge in [-0.05, 0) is 20.3 Å². The van der Waals surface area contributed by atoms with Gasteiger partial charge in [-0.2, -0.15) is 0 Å². The van der Waals surface area contributed by atoms with Gasteiger partial charge in [-0.25, -0.2) is 0 Å². The largest absolute Gasteiger partial charge is 0.382 e. The molecule has 0 aliphatic heterocycles. The summed E-state index contributed by atoms with van der Waals surface area (Å²) in [6.07, 6.45) is 2.74. The third-order valence-corrected chi connectivity index (χ3v) is 1.42. The van der Waals surface area contributed by atoms with Crippen molar-refractivity contribution in [2.24, 2.45) is 0 Å². The minimum absolute atomic E-state index is 0.0969. The molecule has 0 saturated heterocycles. The van der Waals surface area contributed by atoms with E-state index < -0.39 is 0 Å². The lowest BCUT2D eigenvalue weighted by molar-refractivity contribution is -0.0369. The summed E-state index contributed by atoms with van der Waals surface area (Å²) in [6.45, 7) is 9.06. The number of hydrogen-bond donors (Lipinski definition) is 0. The van der Waals surface area contributed by atoms with Crippen LogP contribution in [0.15, 0.2) is 12.7 Å². The molecule has 2 nitrogen and oxygen atoms in total. The average Bonchev–Trinajstić information content (AvgIpc) is 1.87. The van der Waals surface area contributed by atoms with E-state index in [-0.39, 0.29) is 5.60 Å². The summed E-state index contributed by atoms with van der Waals surface area (Å²) < 4.78 is 10.4. The summed E-state index contributed by atoms with van der Waals surface area (Å²) in [5, 5.41) is 0. The first kappa shape index (κ1) is 10.7. The number of methoxy groups -OCH3 is 1. The number of hydrogen-bond acceptors (Lipinski definition) is 2. The monoisotopic (exact) mass is 158 g/mol.